The normalized spacial score (nSPS) is 10.7. The molecule has 2 aromatic carbocycles. The Labute approximate surface area is 190 Å². The quantitative estimate of drug-likeness (QED) is 0.276. The second-order valence-electron chi connectivity index (χ2n) is 6.45. The maximum atomic E-state index is 12.1. The number of rotatable bonds is 9. The van der Waals surface area contributed by atoms with Crippen LogP contribution in [0.15, 0.2) is 53.5 Å². The lowest BCUT2D eigenvalue weighted by Gasteiger charge is -2.12. The van der Waals surface area contributed by atoms with E-state index in [4.69, 9.17) is 4.74 Å². The van der Waals surface area contributed by atoms with E-state index in [1.54, 1.807) is 7.11 Å². The zero-order valence-corrected chi connectivity index (χ0v) is 19.7. The fourth-order valence-corrected chi connectivity index (χ4v) is 2.71. The minimum absolute atomic E-state index is 0. The number of nitrogens with zero attached hydrogens (tertiary/aromatic N) is 1. The molecule has 0 atom stereocenters. The van der Waals surface area contributed by atoms with Gasteiger partial charge in [-0.25, -0.2) is 4.99 Å². The summed E-state index contributed by atoms with van der Waals surface area (Å²) in [4.78, 5) is 16.6. The molecular formula is C22H31IN4O2. The fourth-order valence-electron chi connectivity index (χ4n) is 2.71. The average Bonchev–Trinajstić information content (AvgIpc) is 2.71. The first-order valence-electron chi connectivity index (χ1n) is 9.58. The Morgan fingerprint density at radius 2 is 1.83 bits per heavy atom. The van der Waals surface area contributed by atoms with Crippen molar-refractivity contribution in [2.75, 3.05) is 26.7 Å². The number of hydrogen-bond acceptors (Lipinski definition) is 3. The van der Waals surface area contributed by atoms with Gasteiger partial charge in [-0.2, -0.15) is 0 Å². The van der Waals surface area contributed by atoms with E-state index in [2.05, 4.69) is 33.1 Å². The second-order valence-corrected chi connectivity index (χ2v) is 6.45. The van der Waals surface area contributed by atoms with Crippen LogP contribution in [0.5, 0.6) is 5.75 Å². The molecule has 0 unspecified atom stereocenters. The average molecular weight is 510 g/mol. The zero-order chi connectivity index (χ0) is 20.2. The maximum Gasteiger partial charge on any atom is 0.239 e. The molecular weight excluding hydrogens is 479 g/mol. The summed E-state index contributed by atoms with van der Waals surface area (Å²) in [5, 5.41) is 9.15. The Kier molecular flexibility index (Phi) is 11.8. The molecule has 0 fully saturated rings. The summed E-state index contributed by atoms with van der Waals surface area (Å²) in [6, 6.07) is 16.1. The van der Waals surface area contributed by atoms with Gasteiger partial charge in [-0.15, -0.1) is 24.0 Å². The van der Waals surface area contributed by atoms with E-state index < -0.39 is 0 Å². The lowest BCUT2D eigenvalue weighted by molar-refractivity contribution is -0.119. The fraction of sp³-hybridized carbons (Fsp3) is 0.364. The van der Waals surface area contributed by atoms with Gasteiger partial charge in [0.25, 0.3) is 0 Å². The number of aliphatic imine (C=N–C) groups is 1. The molecule has 0 spiro atoms. The van der Waals surface area contributed by atoms with Crippen LogP contribution in [0.1, 0.15) is 23.6 Å². The topological polar surface area (TPSA) is 74.8 Å². The van der Waals surface area contributed by atoms with Gasteiger partial charge in [0.2, 0.25) is 5.91 Å². The van der Waals surface area contributed by atoms with E-state index in [0.29, 0.717) is 25.6 Å². The number of amides is 1. The predicted molar refractivity (Wildman–Crippen MR) is 129 cm³/mol. The van der Waals surface area contributed by atoms with Crippen LogP contribution in [0.25, 0.3) is 0 Å². The van der Waals surface area contributed by atoms with Crippen LogP contribution in [-0.2, 0) is 17.8 Å². The minimum Gasteiger partial charge on any atom is -0.496 e. The number of ether oxygens (including phenoxy) is 1. The number of carbonyl (C=O) groups excluding carboxylic acids is 1. The molecule has 2 rings (SSSR count). The Balaban J connectivity index is 0.00000420. The van der Waals surface area contributed by atoms with E-state index in [1.807, 2.05) is 50.2 Å². The maximum absolute atomic E-state index is 12.1. The summed E-state index contributed by atoms with van der Waals surface area (Å²) in [5.74, 6) is 1.36. The Bertz CT molecular complexity index is 782. The van der Waals surface area contributed by atoms with E-state index in [9.17, 15) is 4.79 Å². The van der Waals surface area contributed by atoms with E-state index in [1.165, 1.54) is 5.56 Å². The Morgan fingerprint density at radius 1 is 1.07 bits per heavy atom. The smallest absolute Gasteiger partial charge is 0.239 e. The van der Waals surface area contributed by atoms with Crippen molar-refractivity contribution in [2.45, 2.75) is 26.8 Å². The van der Waals surface area contributed by atoms with Gasteiger partial charge in [-0.3, -0.25) is 4.79 Å². The molecule has 0 heterocycles. The molecule has 0 radical (unpaired) electrons. The van der Waals surface area contributed by atoms with Crippen molar-refractivity contribution in [2.24, 2.45) is 4.99 Å². The molecule has 6 nitrogen and oxygen atoms in total. The number of guanidine groups is 1. The number of benzene rings is 2. The number of nitrogens with one attached hydrogen (secondary N) is 3. The number of halogens is 1. The largest absolute Gasteiger partial charge is 0.496 e. The predicted octanol–water partition coefficient (Wildman–Crippen LogP) is 3.04. The Morgan fingerprint density at radius 3 is 2.52 bits per heavy atom. The van der Waals surface area contributed by atoms with Crippen molar-refractivity contribution in [1.82, 2.24) is 16.0 Å². The van der Waals surface area contributed by atoms with Crippen LogP contribution in [0.4, 0.5) is 0 Å². The summed E-state index contributed by atoms with van der Waals surface area (Å²) in [6.45, 7) is 5.98. The van der Waals surface area contributed by atoms with Gasteiger partial charge >= 0.3 is 0 Å². The van der Waals surface area contributed by atoms with Crippen LogP contribution in [-0.4, -0.2) is 38.6 Å². The summed E-state index contributed by atoms with van der Waals surface area (Å²) < 4.78 is 5.42. The van der Waals surface area contributed by atoms with E-state index in [-0.39, 0.29) is 36.4 Å². The van der Waals surface area contributed by atoms with Gasteiger partial charge in [-0.1, -0.05) is 42.5 Å². The zero-order valence-electron chi connectivity index (χ0n) is 17.3. The summed E-state index contributed by atoms with van der Waals surface area (Å²) in [7, 11) is 1.66. The van der Waals surface area contributed by atoms with Crippen LogP contribution in [0, 0.1) is 6.92 Å². The summed E-state index contributed by atoms with van der Waals surface area (Å²) in [6.07, 6.45) is 0.813. The lowest BCUT2D eigenvalue weighted by atomic mass is 10.1. The van der Waals surface area contributed by atoms with Gasteiger partial charge in [0.05, 0.1) is 20.2 Å². The highest BCUT2D eigenvalue weighted by molar-refractivity contribution is 14.0. The van der Waals surface area contributed by atoms with Crippen molar-refractivity contribution in [3.8, 4) is 5.75 Å². The third kappa shape index (κ3) is 9.17. The summed E-state index contributed by atoms with van der Waals surface area (Å²) >= 11 is 0. The molecule has 0 aliphatic heterocycles. The third-order valence-corrected chi connectivity index (χ3v) is 4.19. The van der Waals surface area contributed by atoms with Crippen molar-refractivity contribution in [3.63, 3.8) is 0 Å². The number of carbonyl (C=O) groups is 1. The van der Waals surface area contributed by atoms with Crippen LogP contribution in [0.3, 0.4) is 0 Å². The molecule has 0 saturated carbocycles. The molecule has 1 amide bonds. The van der Waals surface area contributed by atoms with E-state index in [0.717, 1.165) is 23.3 Å². The Hall–Kier alpha value is -2.29. The monoisotopic (exact) mass is 510 g/mol. The van der Waals surface area contributed by atoms with Crippen LogP contribution >= 0.6 is 24.0 Å². The standard InChI is InChI=1S/C22H30N4O2.HI/c1-4-23-22(25-15-19-11-10-17(2)14-20(19)28-3)26-16-21(27)24-13-12-18-8-6-5-7-9-18;/h5-11,14H,4,12-13,15-16H2,1-3H3,(H,24,27)(H2,23,25,26);1H. The third-order valence-electron chi connectivity index (χ3n) is 4.19. The first-order valence-corrected chi connectivity index (χ1v) is 9.58. The van der Waals surface area contributed by atoms with Gasteiger partial charge in [0, 0.05) is 18.7 Å². The number of hydrogen-bond donors (Lipinski definition) is 3. The number of aryl methyl sites for hydroxylation is 1. The van der Waals surface area contributed by atoms with Crippen LogP contribution in [0.2, 0.25) is 0 Å². The molecule has 0 bridgehead atoms. The van der Waals surface area contributed by atoms with Crippen molar-refractivity contribution in [3.05, 3.63) is 65.2 Å². The first kappa shape index (κ1) is 24.7. The molecule has 2 aromatic rings. The molecule has 0 aliphatic rings. The van der Waals surface area contributed by atoms with Gasteiger partial charge < -0.3 is 20.7 Å². The molecule has 0 aliphatic carbocycles. The molecule has 3 N–H and O–H groups in total. The molecule has 29 heavy (non-hydrogen) atoms. The number of methoxy groups -OCH3 is 1. The highest BCUT2D eigenvalue weighted by Gasteiger charge is 2.06. The van der Waals surface area contributed by atoms with Gasteiger partial charge in [0.1, 0.15) is 5.75 Å². The van der Waals surface area contributed by atoms with Crippen molar-refractivity contribution >= 4 is 35.8 Å². The molecule has 158 valence electrons. The highest BCUT2D eigenvalue weighted by atomic mass is 127. The molecule has 7 heteroatoms. The minimum atomic E-state index is -0.0607. The van der Waals surface area contributed by atoms with Gasteiger partial charge in [0.15, 0.2) is 5.96 Å². The first-order chi connectivity index (χ1) is 13.6. The van der Waals surface area contributed by atoms with Crippen molar-refractivity contribution < 1.29 is 9.53 Å². The SMILES string of the molecule is CCNC(=NCc1ccc(C)cc1OC)NCC(=O)NCCc1ccccc1.I. The van der Waals surface area contributed by atoms with Crippen molar-refractivity contribution in [1.29, 1.82) is 0 Å². The molecule has 0 aromatic heterocycles. The summed E-state index contributed by atoms with van der Waals surface area (Å²) in [5.41, 5.74) is 3.34. The molecule has 0 saturated heterocycles. The van der Waals surface area contributed by atoms with Crippen LogP contribution < -0.4 is 20.7 Å². The lowest BCUT2D eigenvalue weighted by Crippen LogP contribution is -2.43. The highest BCUT2D eigenvalue weighted by Crippen LogP contribution is 2.20. The van der Waals surface area contributed by atoms with Gasteiger partial charge in [-0.05, 0) is 37.5 Å². The van der Waals surface area contributed by atoms with E-state index >= 15 is 0 Å². The second kappa shape index (κ2) is 13.8.